The van der Waals surface area contributed by atoms with Crippen LogP contribution in [0.2, 0.25) is 0 Å². The first-order valence-corrected chi connectivity index (χ1v) is 8.10. The van der Waals surface area contributed by atoms with Crippen molar-refractivity contribution in [2.75, 3.05) is 7.05 Å². The van der Waals surface area contributed by atoms with Crippen molar-refractivity contribution in [3.63, 3.8) is 0 Å². The highest BCUT2D eigenvalue weighted by Gasteiger charge is 2.33. The highest BCUT2D eigenvalue weighted by molar-refractivity contribution is 7.09. The number of pyridine rings is 1. The van der Waals surface area contributed by atoms with E-state index in [1.54, 1.807) is 7.05 Å². The van der Waals surface area contributed by atoms with Crippen LogP contribution in [-0.2, 0) is 19.3 Å². The first-order valence-electron chi connectivity index (χ1n) is 7.22. The zero-order valence-corrected chi connectivity index (χ0v) is 13.9. The van der Waals surface area contributed by atoms with Crippen molar-refractivity contribution >= 4 is 22.9 Å². The monoisotopic (exact) mass is 369 g/mol. The van der Waals surface area contributed by atoms with E-state index in [0.29, 0.717) is 23.3 Å². The molecule has 0 aliphatic heterocycles. The van der Waals surface area contributed by atoms with E-state index in [1.165, 1.54) is 0 Å². The summed E-state index contributed by atoms with van der Waals surface area (Å²) < 4.78 is 39.5. The average molecular weight is 369 g/mol. The zero-order chi connectivity index (χ0) is 17.9. The number of aliphatic imine (C=N–C) groups is 1. The molecule has 3 aromatic heterocycles. The molecule has 3 aromatic rings. The third-order valence-electron chi connectivity index (χ3n) is 3.27. The average Bonchev–Trinajstić information content (AvgIpc) is 3.22. The van der Waals surface area contributed by atoms with E-state index in [2.05, 4.69) is 30.8 Å². The van der Waals surface area contributed by atoms with Crippen LogP contribution in [0.15, 0.2) is 34.8 Å². The number of nitrogens with one attached hydrogen (secondary N) is 2. The number of halogens is 3. The molecule has 3 heterocycles. The molecule has 0 fully saturated rings. The van der Waals surface area contributed by atoms with Gasteiger partial charge in [0.25, 0.3) is 0 Å². The number of thiazole rings is 1. The Bertz CT molecular complexity index is 884. The maximum atomic E-state index is 12.5. The molecule has 0 bridgehead atoms. The Morgan fingerprint density at radius 3 is 2.76 bits per heavy atom. The minimum absolute atomic E-state index is 0.140. The minimum atomic E-state index is -4.43. The third kappa shape index (κ3) is 4.05. The molecule has 3 rings (SSSR count). The van der Waals surface area contributed by atoms with Crippen molar-refractivity contribution in [1.29, 1.82) is 0 Å². The van der Waals surface area contributed by atoms with Gasteiger partial charge in [0, 0.05) is 18.6 Å². The van der Waals surface area contributed by atoms with E-state index < -0.39 is 11.9 Å². The summed E-state index contributed by atoms with van der Waals surface area (Å²) in [6, 6.07) is 5.57. The Morgan fingerprint density at radius 2 is 2.04 bits per heavy atom. The van der Waals surface area contributed by atoms with Gasteiger partial charge in [0.2, 0.25) is 0 Å². The van der Waals surface area contributed by atoms with Gasteiger partial charge in [-0.25, -0.2) is 4.98 Å². The van der Waals surface area contributed by atoms with Crippen LogP contribution < -0.4 is 10.6 Å². The smallest absolute Gasteiger partial charge is 0.350 e. The molecular formula is C14H14F3N7S. The van der Waals surface area contributed by atoms with E-state index in [9.17, 15) is 13.2 Å². The SMILES string of the molecule is CN=C(NCc1nc(C(F)(F)F)cs1)NCc1nnc2ccccn12. The van der Waals surface area contributed by atoms with Crippen molar-refractivity contribution < 1.29 is 13.2 Å². The van der Waals surface area contributed by atoms with Crippen molar-refractivity contribution in [2.24, 2.45) is 4.99 Å². The van der Waals surface area contributed by atoms with Crippen LogP contribution in [0, 0.1) is 0 Å². The lowest BCUT2D eigenvalue weighted by Crippen LogP contribution is -2.36. The molecule has 0 spiro atoms. The summed E-state index contributed by atoms with van der Waals surface area (Å²) in [5, 5.41) is 15.4. The number of hydrogen-bond donors (Lipinski definition) is 2. The summed E-state index contributed by atoms with van der Waals surface area (Å²) in [6.45, 7) is 0.498. The molecule has 11 heteroatoms. The van der Waals surface area contributed by atoms with Crippen LogP contribution in [0.3, 0.4) is 0 Å². The molecule has 0 saturated carbocycles. The third-order valence-corrected chi connectivity index (χ3v) is 4.12. The molecule has 0 atom stereocenters. The van der Waals surface area contributed by atoms with Gasteiger partial charge in [-0.05, 0) is 12.1 Å². The van der Waals surface area contributed by atoms with Gasteiger partial charge in [-0.15, -0.1) is 21.5 Å². The van der Waals surface area contributed by atoms with Crippen LogP contribution in [0.5, 0.6) is 0 Å². The van der Waals surface area contributed by atoms with Gasteiger partial charge in [-0.1, -0.05) is 6.07 Å². The number of hydrogen-bond acceptors (Lipinski definition) is 5. The lowest BCUT2D eigenvalue weighted by Gasteiger charge is -2.10. The second kappa shape index (κ2) is 7.05. The van der Waals surface area contributed by atoms with Crippen molar-refractivity contribution in [3.05, 3.63) is 46.3 Å². The first kappa shape index (κ1) is 17.1. The molecule has 0 saturated heterocycles. The van der Waals surface area contributed by atoms with Gasteiger partial charge in [-0.3, -0.25) is 9.39 Å². The number of guanidine groups is 1. The van der Waals surface area contributed by atoms with Crippen molar-refractivity contribution in [1.82, 2.24) is 30.2 Å². The number of fused-ring (bicyclic) bond motifs is 1. The molecule has 0 unspecified atom stereocenters. The number of rotatable bonds is 4. The lowest BCUT2D eigenvalue weighted by molar-refractivity contribution is -0.140. The second-order valence-electron chi connectivity index (χ2n) is 4.95. The van der Waals surface area contributed by atoms with Crippen molar-refractivity contribution in [2.45, 2.75) is 19.3 Å². The quantitative estimate of drug-likeness (QED) is 0.544. The summed E-state index contributed by atoms with van der Waals surface area (Å²) in [5.74, 6) is 1.11. The fraction of sp³-hybridized carbons (Fsp3) is 0.286. The number of nitrogens with zero attached hydrogens (tertiary/aromatic N) is 5. The fourth-order valence-electron chi connectivity index (χ4n) is 2.08. The molecular weight excluding hydrogens is 355 g/mol. The summed E-state index contributed by atoms with van der Waals surface area (Å²) >= 11 is 0.944. The molecule has 132 valence electrons. The summed E-state index contributed by atoms with van der Waals surface area (Å²) in [7, 11) is 1.57. The first-order chi connectivity index (χ1) is 12.0. The molecule has 0 aromatic carbocycles. The van der Waals surface area contributed by atoms with Crippen LogP contribution >= 0.6 is 11.3 Å². The Balaban J connectivity index is 1.57. The highest BCUT2D eigenvalue weighted by atomic mass is 32.1. The van der Waals surface area contributed by atoms with Gasteiger partial charge in [0.1, 0.15) is 5.01 Å². The van der Waals surface area contributed by atoms with E-state index in [1.807, 2.05) is 28.8 Å². The number of aromatic nitrogens is 4. The Hall–Kier alpha value is -2.69. The van der Waals surface area contributed by atoms with E-state index in [-0.39, 0.29) is 6.54 Å². The minimum Gasteiger partial charge on any atom is -0.350 e. The molecule has 0 aliphatic carbocycles. The van der Waals surface area contributed by atoms with Crippen LogP contribution in [0.25, 0.3) is 5.65 Å². The molecule has 7 nitrogen and oxygen atoms in total. The molecule has 0 aliphatic rings. The van der Waals surface area contributed by atoms with E-state index >= 15 is 0 Å². The standard InChI is InChI=1S/C14H14F3N7S/c1-18-13(20-7-12-21-9(8-25-12)14(15,16)17)19-6-11-23-22-10-4-2-3-5-24(10)11/h2-5,8H,6-7H2,1H3,(H2,18,19,20). The number of alkyl halides is 3. The van der Waals surface area contributed by atoms with Crippen LogP contribution in [-0.4, -0.2) is 32.6 Å². The predicted molar refractivity (Wildman–Crippen MR) is 87.1 cm³/mol. The van der Waals surface area contributed by atoms with Crippen LogP contribution in [0.1, 0.15) is 16.5 Å². The van der Waals surface area contributed by atoms with E-state index in [4.69, 9.17) is 0 Å². The van der Waals surface area contributed by atoms with Gasteiger partial charge in [-0.2, -0.15) is 13.2 Å². The molecule has 0 radical (unpaired) electrons. The largest absolute Gasteiger partial charge is 0.434 e. The van der Waals surface area contributed by atoms with Gasteiger partial charge < -0.3 is 10.6 Å². The Kier molecular flexibility index (Phi) is 4.83. The van der Waals surface area contributed by atoms with Gasteiger partial charge in [0.15, 0.2) is 23.1 Å². The summed E-state index contributed by atoms with van der Waals surface area (Å²) in [6.07, 6.45) is -2.58. The topological polar surface area (TPSA) is 79.5 Å². The lowest BCUT2D eigenvalue weighted by atomic mass is 10.4. The maximum absolute atomic E-state index is 12.5. The Morgan fingerprint density at radius 1 is 1.24 bits per heavy atom. The second-order valence-corrected chi connectivity index (χ2v) is 5.89. The van der Waals surface area contributed by atoms with Crippen molar-refractivity contribution in [3.8, 4) is 0 Å². The maximum Gasteiger partial charge on any atom is 0.434 e. The Labute approximate surface area is 144 Å². The van der Waals surface area contributed by atoms with Gasteiger partial charge >= 0.3 is 6.18 Å². The predicted octanol–water partition coefficient (Wildman–Crippen LogP) is 2.07. The highest BCUT2D eigenvalue weighted by Crippen LogP contribution is 2.29. The van der Waals surface area contributed by atoms with Gasteiger partial charge in [0.05, 0.1) is 13.1 Å². The summed E-state index contributed by atoms with van der Waals surface area (Å²) in [4.78, 5) is 7.59. The normalized spacial score (nSPS) is 12.6. The zero-order valence-electron chi connectivity index (χ0n) is 13.1. The molecule has 2 N–H and O–H groups in total. The molecule has 0 amide bonds. The van der Waals surface area contributed by atoms with Crippen LogP contribution in [0.4, 0.5) is 13.2 Å². The fourth-order valence-corrected chi connectivity index (χ4v) is 2.82. The van der Waals surface area contributed by atoms with E-state index in [0.717, 1.165) is 22.4 Å². The molecule has 25 heavy (non-hydrogen) atoms. The summed E-state index contributed by atoms with van der Waals surface area (Å²) in [5.41, 5.74) is -0.156.